The Kier molecular flexibility index (Phi) is 3.56. The summed E-state index contributed by atoms with van der Waals surface area (Å²) >= 11 is 0. The average molecular weight is 206 g/mol. The Balaban J connectivity index is 2.02. The molecule has 0 unspecified atom stereocenters. The summed E-state index contributed by atoms with van der Waals surface area (Å²) in [5, 5.41) is 7.45. The van der Waals surface area contributed by atoms with Crippen molar-refractivity contribution >= 4 is 5.57 Å². The maximum atomic E-state index is 5.30. The Morgan fingerprint density at radius 2 is 2.47 bits per heavy atom. The number of rotatable bonds is 4. The van der Waals surface area contributed by atoms with Crippen LogP contribution in [0.3, 0.4) is 0 Å². The van der Waals surface area contributed by atoms with Crippen LogP contribution >= 0.6 is 0 Å². The van der Waals surface area contributed by atoms with Crippen molar-refractivity contribution in [2.45, 2.75) is 32.6 Å². The number of aromatic nitrogens is 1. The highest BCUT2D eigenvalue weighted by molar-refractivity contribution is 5.64. The number of hydrogen-bond acceptors (Lipinski definition) is 3. The van der Waals surface area contributed by atoms with Gasteiger partial charge in [0.15, 0.2) is 0 Å². The maximum Gasteiger partial charge on any atom is 0.137 e. The molecule has 0 bridgehead atoms. The molecule has 2 rings (SSSR count). The molecule has 0 saturated heterocycles. The van der Waals surface area contributed by atoms with Crippen molar-refractivity contribution < 1.29 is 4.52 Å². The van der Waals surface area contributed by atoms with Gasteiger partial charge < -0.3 is 9.84 Å². The van der Waals surface area contributed by atoms with Gasteiger partial charge in [0.25, 0.3) is 0 Å². The molecule has 82 valence electrons. The summed E-state index contributed by atoms with van der Waals surface area (Å²) in [7, 11) is 0. The molecule has 3 nitrogen and oxygen atoms in total. The van der Waals surface area contributed by atoms with Crippen LogP contribution in [-0.2, 0) is 6.42 Å². The molecule has 0 spiro atoms. The van der Waals surface area contributed by atoms with Gasteiger partial charge in [-0.1, -0.05) is 24.6 Å². The smallest absolute Gasteiger partial charge is 0.137 e. The Morgan fingerprint density at radius 1 is 1.53 bits per heavy atom. The number of nitrogens with zero attached hydrogens (tertiary/aromatic N) is 1. The lowest BCUT2D eigenvalue weighted by atomic mass is 10.1. The second-order valence-electron chi connectivity index (χ2n) is 3.98. The second kappa shape index (κ2) is 5.12. The third-order valence-corrected chi connectivity index (χ3v) is 2.69. The first-order valence-electron chi connectivity index (χ1n) is 5.76. The van der Waals surface area contributed by atoms with E-state index in [1.165, 1.54) is 18.4 Å². The Morgan fingerprint density at radius 3 is 3.20 bits per heavy atom. The minimum absolute atomic E-state index is 0.916. The largest absolute Gasteiger partial charge is 0.361 e. The maximum absolute atomic E-state index is 5.30. The Hall–Kier alpha value is -1.09. The Labute approximate surface area is 90.5 Å². The Bertz CT molecular complexity index is 341. The van der Waals surface area contributed by atoms with Crippen LogP contribution in [0.25, 0.3) is 5.57 Å². The topological polar surface area (TPSA) is 38.1 Å². The molecule has 0 saturated carbocycles. The summed E-state index contributed by atoms with van der Waals surface area (Å²) in [4.78, 5) is 0. The molecule has 1 aromatic heterocycles. The zero-order valence-corrected chi connectivity index (χ0v) is 9.25. The third-order valence-electron chi connectivity index (χ3n) is 2.69. The van der Waals surface area contributed by atoms with E-state index in [2.05, 4.69) is 29.5 Å². The van der Waals surface area contributed by atoms with Crippen LogP contribution in [-0.4, -0.2) is 18.2 Å². The fourth-order valence-corrected chi connectivity index (χ4v) is 1.77. The highest BCUT2D eigenvalue weighted by Gasteiger charge is 2.10. The number of unbranched alkanes of at least 4 members (excludes halogenated alkanes) is 1. The second-order valence-corrected chi connectivity index (χ2v) is 3.98. The van der Waals surface area contributed by atoms with E-state index in [0.717, 1.165) is 37.4 Å². The van der Waals surface area contributed by atoms with Crippen LogP contribution < -0.4 is 5.32 Å². The number of nitrogens with one attached hydrogen (secondary N) is 1. The summed E-state index contributed by atoms with van der Waals surface area (Å²) < 4.78 is 5.30. The monoisotopic (exact) mass is 206 g/mol. The van der Waals surface area contributed by atoms with Gasteiger partial charge in [-0.2, -0.15) is 0 Å². The lowest BCUT2D eigenvalue weighted by Crippen LogP contribution is -2.21. The third kappa shape index (κ3) is 2.69. The summed E-state index contributed by atoms with van der Waals surface area (Å²) in [5.41, 5.74) is 2.28. The highest BCUT2D eigenvalue weighted by Crippen LogP contribution is 2.17. The first kappa shape index (κ1) is 10.4. The minimum Gasteiger partial charge on any atom is -0.361 e. The van der Waals surface area contributed by atoms with Crippen molar-refractivity contribution in [1.82, 2.24) is 10.5 Å². The van der Waals surface area contributed by atoms with Crippen LogP contribution in [0, 0.1) is 0 Å². The van der Waals surface area contributed by atoms with Gasteiger partial charge in [-0.25, -0.2) is 0 Å². The van der Waals surface area contributed by atoms with E-state index < -0.39 is 0 Å². The highest BCUT2D eigenvalue weighted by atomic mass is 16.5. The van der Waals surface area contributed by atoms with Crippen LogP contribution in [0.2, 0.25) is 0 Å². The van der Waals surface area contributed by atoms with Gasteiger partial charge in [0.1, 0.15) is 11.5 Å². The molecule has 2 heterocycles. The van der Waals surface area contributed by atoms with Crippen molar-refractivity contribution in [3.05, 3.63) is 23.6 Å². The first-order chi connectivity index (χ1) is 7.40. The molecule has 15 heavy (non-hydrogen) atoms. The van der Waals surface area contributed by atoms with E-state index in [9.17, 15) is 0 Å². The van der Waals surface area contributed by atoms with Crippen LogP contribution in [0.1, 0.15) is 37.6 Å². The van der Waals surface area contributed by atoms with Crippen LogP contribution in [0.15, 0.2) is 16.7 Å². The van der Waals surface area contributed by atoms with Crippen molar-refractivity contribution in [2.75, 3.05) is 13.1 Å². The minimum atomic E-state index is 0.916. The molecule has 1 N–H and O–H groups in total. The SMILES string of the molecule is CCCCc1cc(C2=CCCNC2)no1. The molecular weight excluding hydrogens is 188 g/mol. The number of hydrogen-bond donors (Lipinski definition) is 1. The zero-order valence-electron chi connectivity index (χ0n) is 9.25. The fraction of sp³-hybridized carbons (Fsp3) is 0.583. The predicted octanol–water partition coefficient (Wildman–Crippen LogP) is 2.39. The van der Waals surface area contributed by atoms with Crippen molar-refractivity contribution in [2.24, 2.45) is 0 Å². The molecule has 1 aliphatic heterocycles. The molecule has 1 aromatic rings. The summed E-state index contributed by atoms with van der Waals surface area (Å²) in [5.74, 6) is 1.01. The molecule has 0 atom stereocenters. The van der Waals surface area contributed by atoms with E-state index in [1.54, 1.807) is 0 Å². The normalized spacial score (nSPS) is 16.5. The van der Waals surface area contributed by atoms with Gasteiger partial charge in [-0.05, 0) is 25.0 Å². The molecule has 0 radical (unpaired) electrons. The van der Waals surface area contributed by atoms with E-state index >= 15 is 0 Å². The molecule has 0 aromatic carbocycles. The number of aryl methyl sites for hydroxylation is 1. The van der Waals surface area contributed by atoms with Crippen LogP contribution in [0.5, 0.6) is 0 Å². The van der Waals surface area contributed by atoms with E-state index in [0.29, 0.717) is 0 Å². The van der Waals surface area contributed by atoms with Crippen molar-refractivity contribution in [1.29, 1.82) is 0 Å². The fourth-order valence-electron chi connectivity index (χ4n) is 1.77. The van der Waals surface area contributed by atoms with Gasteiger partial charge in [0.05, 0.1) is 0 Å². The summed E-state index contributed by atoms with van der Waals surface area (Å²) in [6.07, 6.45) is 6.71. The predicted molar refractivity (Wildman–Crippen MR) is 60.6 cm³/mol. The molecule has 3 heteroatoms. The summed E-state index contributed by atoms with van der Waals surface area (Å²) in [6.45, 7) is 4.18. The molecule has 0 aliphatic carbocycles. The standard InChI is InChI=1S/C12H18N2O/c1-2-3-6-11-8-12(14-15-11)10-5-4-7-13-9-10/h5,8,13H,2-4,6-7,9H2,1H3. The van der Waals surface area contributed by atoms with Gasteiger partial charge >= 0.3 is 0 Å². The molecule has 1 aliphatic rings. The quantitative estimate of drug-likeness (QED) is 0.822. The lowest BCUT2D eigenvalue weighted by molar-refractivity contribution is 0.378. The van der Waals surface area contributed by atoms with E-state index in [4.69, 9.17) is 4.52 Å². The van der Waals surface area contributed by atoms with E-state index in [-0.39, 0.29) is 0 Å². The van der Waals surface area contributed by atoms with Crippen LogP contribution in [0.4, 0.5) is 0 Å². The summed E-state index contributed by atoms with van der Waals surface area (Å²) in [6, 6.07) is 2.08. The molecule has 0 fully saturated rings. The molecule has 0 amide bonds. The van der Waals surface area contributed by atoms with Gasteiger partial charge in [-0.15, -0.1) is 0 Å². The zero-order chi connectivity index (χ0) is 10.5. The van der Waals surface area contributed by atoms with Gasteiger partial charge in [0, 0.05) is 19.0 Å². The van der Waals surface area contributed by atoms with Gasteiger partial charge in [-0.3, -0.25) is 0 Å². The molecular formula is C12H18N2O. The van der Waals surface area contributed by atoms with Crippen molar-refractivity contribution in [3.8, 4) is 0 Å². The average Bonchev–Trinajstić information content (AvgIpc) is 2.76. The van der Waals surface area contributed by atoms with E-state index in [1.807, 2.05) is 0 Å². The lowest BCUT2D eigenvalue weighted by Gasteiger charge is -2.10. The van der Waals surface area contributed by atoms with Crippen molar-refractivity contribution in [3.63, 3.8) is 0 Å². The first-order valence-corrected chi connectivity index (χ1v) is 5.76. The van der Waals surface area contributed by atoms with Gasteiger partial charge in [0.2, 0.25) is 0 Å².